The Morgan fingerprint density at radius 2 is 1.77 bits per heavy atom. The van der Waals surface area contributed by atoms with Crippen molar-refractivity contribution in [2.45, 2.75) is 77.4 Å². The van der Waals surface area contributed by atoms with Crippen LogP contribution in [-0.4, -0.2) is 84.7 Å². The van der Waals surface area contributed by atoms with E-state index in [9.17, 15) is 29.3 Å². The highest BCUT2D eigenvalue weighted by molar-refractivity contribution is 6.73. The number of carbonyl (C=O) groups excluding carboxylic acids is 4. The summed E-state index contributed by atoms with van der Waals surface area (Å²) < 4.78 is 11.9. The highest BCUT2D eigenvalue weighted by Gasteiger charge is 2.61. The molecule has 0 aliphatic carbocycles. The third-order valence-corrected chi connectivity index (χ3v) is 14.1. The zero-order chi connectivity index (χ0) is 31.6. The highest BCUT2D eigenvalue weighted by atomic mass is 28.4. The topological polar surface area (TPSA) is 174 Å². The molecule has 0 saturated carbocycles. The monoisotopic (exact) mass is 615 g/mol. The van der Waals surface area contributed by atoms with E-state index in [-0.39, 0.29) is 47.0 Å². The van der Waals surface area contributed by atoms with Gasteiger partial charge in [-0.05, 0) is 49.2 Å². The smallest absolute Gasteiger partial charge is 0.362 e. The van der Waals surface area contributed by atoms with Gasteiger partial charge in [0.1, 0.15) is 5.70 Å². The maximum absolute atomic E-state index is 13.7. The van der Waals surface area contributed by atoms with Crippen LogP contribution in [0.25, 0.3) is 0 Å². The average molecular weight is 616 g/mol. The molecule has 0 radical (unpaired) electrons. The number of carbonyl (C=O) groups is 4. The normalized spacial score (nSPS) is 24.4. The number of nitrogens with zero attached hydrogens (tertiary/aromatic N) is 3. The van der Waals surface area contributed by atoms with Gasteiger partial charge in [0.05, 0.1) is 28.6 Å². The van der Waals surface area contributed by atoms with E-state index in [4.69, 9.17) is 14.9 Å². The van der Waals surface area contributed by atoms with Crippen molar-refractivity contribution in [3.05, 3.63) is 51.2 Å². The first-order chi connectivity index (χ1) is 20.4. The Hall–Kier alpha value is -3.62. The SMILES string of the molecule is CC[Si](CC)(CC)OC(C)[C@H]1C(=O)N2C(C(=O)OC(=O)c3ccc([N+](=O)[O-])cc3)=C(CN3CC[C@H](NC(N)=O)C3)[C@H](C)[C@H]12. The number of non-ortho nitro benzene ring substituents is 1. The van der Waals surface area contributed by atoms with Crippen LogP contribution < -0.4 is 11.1 Å². The molecule has 2 saturated heterocycles. The van der Waals surface area contributed by atoms with Crippen LogP contribution in [0.5, 0.6) is 0 Å². The number of nitro groups is 1. The molecule has 1 aromatic rings. The molecule has 3 N–H and O–H groups in total. The molecule has 3 aliphatic rings. The van der Waals surface area contributed by atoms with Gasteiger partial charge in [-0.15, -0.1) is 0 Å². The Morgan fingerprint density at radius 3 is 2.33 bits per heavy atom. The lowest BCUT2D eigenvalue weighted by atomic mass is 9.77. The van der Waals surface area contributed by atoms with Gasteiger partial charge in [-0.25, -0.2) is 14.4 Å². The van der Waals surface area contributed by atoms with Crippen LogP contribution >= 0.6 is 0 Å². The van der Waals surface area contributed by atoms with Crippen LogP contribution in [0, 0.1) is 22.0 Å². The average Bonchev–Trinajstić information content (AvgIpc) is 3.51. The van der Waals surface area contributed by atoms with E-state index in [2.05, 4.69) is 31.0 Å². The quantitative estimate of drug-likeness (QED) is 0.0894. The Bertz CT molecular complexity index is 1310. The number of nitrogens with two attached hydrogens (primary N) is 1. The molecule has 4 rings (SSSR count). The van der Waals surface area contributed by atoms with Crippen molar-refractivity contribution in [2.75, 3.05) is 19.6 Å². The third kappa shape index (κ3) is 6.36. The molecule has 3 heterocycles. The summed E-state index contributed by atoms with van der Waals surface area (Å²) in [6.07, 6.45) is 0.345. The number of primary amides is 1. The number of nitro benzene ring substituents is 1. The Kier molecular flexibility index (Phi) is 9.72. The number of esters is 2. The minimum Gasteiger partial charge on any atom is -0.413 e. The summed E-state index contributed by atoms with van der Waals surface area (Å²) in [7, 11) is -2.01. The lowest BCUT2D eigenvalue weighted by molar-refractivity contribution is -0.384. The van der Waals surface area contributed by atoms with Crippen LogP contribution in [0.2, 0.25) is 18.1 Å². The Labute approximate surface area is 252 Å². The number of ether oxygens (including phenoxy) is 1. The fraction of sp³-hybridized carbons (Fsp3) is 0.586. The lowest BCUT2D eigenvalue weighted by Gasteiger charge is -2.49. The van der Waals surface area contributed by atoms with Crippen LogP contribution in [0.4, 0.5) is 10.5 Å². The number of β-lactam (4-membered cyclic amide) rings is 1. The molecule has 1 aromatic carbocycles. The van der Waals surface area contributed by atoms with Gasteiger partial charge in [-0.2, -0.15) is 0 Å². The zero-order valence-electron chi connectivity index (χ0n) is 25.3. The molecule has 14 heteroatoms. The summed E-state index contributed by atoms with van der Waals surface area (Å²) in [5.41, 5.74) is 5.80. The molecule has 3 amide bonds. The number of hydrogen-bond acceptors (Lipinski definition) is 9. The van der Waals surface area contributed by atoms with E-state index >= 15 is 0 Å². The summed E-state index contributed by atoms with van der Waals surface area (Å²) in [5.74, 6) is -2.82. The number of fused-ring (bicyclic) bond motifs is 1. The summed E-state index contributed by atoms with van der Waals surface area (Å²) in [6, 6.07) is 6.50. The van der Waals surface area contributed by atoms with Crippen LogP contribution in [-0.2, 0) is 18.8 Å². The summed E-state index contributed by atoms with van der Waals surface area (Å²) in [6.45, 7) is 11.8. The molecule has 0 aromatic heterocycles. The van der Waals surface area contributed by atoms with Crippen molar-refractivity contribution in [3.63, 3.8) is 0 Å². The van der Waals surface area contributed by atoms with Crippen LogP contribution in [0.15, 0.2) is 35.5 Å². The molecule has 0 spiro atoms. The van der Waals surface area contributed by atoms with E-state index < -0.39 is 37.1 Å². The number of rotatable bonds is 12. The Balaban J connectivity index is 1.59. The number of urea groups is 1. The second kappa shape index (κ2) is 12.9. The van der Waals surface area contributed by atoms with E-state index in [0.29, 0.717) is 31.6 Å². The van der Waals surface area contributed by atoms with Crippen molar-refractivity contribution in [1.29, 1.82) is 0 Å². The fourth-order valence-electron chi connectivity index (χ4n) is 6.74. The molecule has 1 unspecified atom stereocenters. The van der Waals surface area contributed by atoms with Gasteiger partial charge in [0, 0.05) is 43.7 Å². The molecule has 13 nitrogen and oxygen atoms in total. The lowest BCUT2D eigenvalue weighted by Crippen LogP contribution is -2.65. The maximum atomic E-state index is 13.7. The van der Waals surface area contributed by atoms with Gasteiger partial charge in [0.15, 0.2) is 8.32 Å². The molecule has 234 valence electrons. The molecular weight excluding hydrogens is 574 g/mol. The van der Waals surface area contributed by atoms with Crippen molar-refractivity contribution in [3.8, 4) is 0 Å². The second-order valence-electron chi connectivity index (χ2n) is 11.7. The van der Waals surface area contributed by atoms with Gasteiger partial charge in [0.25, 0.3) is 5.69 Å². The van der Waals surface area contributed by atoms with Crippen molar-refractivity contribution < 1.29 is 33.3 Å². The minimum atomic E-state index is -2.01. The molecule has 3 aliphatic heterocycles. The second-order valence-corrected chi connectivity index (χ2v) is 16.4. The van der Waals surface area contributed by atoms with Crippen molar-refractivity contribution >= 4 is 37.9 Å². The summed E-state index contributed by atoms with van der Waals surface area (Å²) in [5, 5.41) is 13.7. The fourth-order valence-corrected chi connectivity index (χ4v) is 9.68. The van der Waals surface area contributed by atoms with E-state index in [1.165, 1.54) is 17.0 Å². The summed E-state index contributed by atoms with van der Waals surface area (Å²) >= 11 is 0. The van der Waals surface area contributed by atoms with Gasteiger partial charge in [-0.3, -0.25) is 19.8 Å². The van der Waals surface area contributed by atoms with E-state index in [1.807, 2.05) is 13.8 Å². The third-order valence-electron chi connectivity index (χ3n) is 9.38. The molecule has 43 heavy (non-hydrogen) atoms. The minimum absolute atomic E-state index is 0.0292. The first-order valence-corrected chi connectivity index (χ1v) is 17.4. The van der Waals surface area contributed by atoms with Crippen molar-refractivity contribution in [2.24, 2.45) is 17.6 Å². The highest BCUT2D eigenvalue weighted by Crippen LogP contribution is 2.49. The summed E-state index contributed by atoms with van der Waals surface area (Å²) in [4.78, 5) is 65.5. The first-order valence-electron chi connectivity index (χ1n) is 14.9. The van der Waals surface area contributed by atoms with Gasteiger partial charge in [0.2, 0.25) is 5.91 Å². The molecule has 0 bridgehead atoms. The largest absolute Gasteiger partial charge is 0.413 e. The predicted octanol–water partition coefficient (Wildman–Crippen LogP) is 3.16. The number of nitrogens with one attached hydrogen (secondary N) is 1. The van der Waals surface area contributed by atoms with Crippen LogP contribution in [0.1, 0.15) is 51.4 Å². The number of hydrogen-bond donors (Lipinski definition) is 2. The molecule has 2 fully saturated rings. The Morgan fingerprint density at radius 1 is 1.14 bits per heavy atom. The predicted molar refractivity (Wildman–Crippen MR) is 159 cm³/mol. The maximum Gasteiger partial charge on any atom is 0.362 e. The molecular formula is C29H41N5O8Si. The van der Waals surface area contributed by atoms with Crippen molar-refractivity contribution in [1.82, 2.24) is 15.1 Å². The van der Waals surface area contributed by atoms with E-state index in [0.717, 1.165) is 30.3 Å². The number of benzene rings is 1. The van der Waals surface area contributed by atoms with E-state index in [1.54, 1.807) is 0 Å². The number of amides is 3. The first kappa shape index (κ1) is 32.3. The zero-order valence-corrected chi connectivity index (χ0v) is 26.3. The van der Waals surface area contributed by atoms with Gasteiger partial charge < -0.3 is 25.1 Å². The standard InChI is InChI=1S/C29H41N5O8Si/c1-6-43(7-2,8-3)42-18(5)23-24-17(4)22(16-32-14-13-20(15-32)31-29(30)38)25(33(24)26(23)35)28(37)41-27(36)19-9-11-21(12-10-19)34(39)40/h9-12,17-18,20,23-24H,6-8,13-16H2,1-5H3,(H3,30,31,38)/t17-,18?,20-,23+,24+/m0/s1. The van der Waals surface area contributed by atoms with Gasteiger partial charge >= 0.3 is 18.0 Å². The van der Waals surface area contributed by atoms with Gasteiger partial charge in [-0.1, -0.05) is 27.7 Å². The number of likely N-dealkylation sites (tertiary alicyclic amines) is 1. The molecule has 5 atom stereocenters. The van der Waals surface area contributed by atoms with Crippen LogP contribution in [0.3, 0.4) is 0 Å².